The fourth-order valence-electron chi connectivity index (χ4n) is 1.31. The molecule has 9 heteroatoms. The number of hydrogen-bond acceptors (Lipinski definition) is 8. The lowest BCUT2D eigenvalue weighted by Gasteiger charge is -2.06. The standard InChI is InChI=1S/C9H14N8O/c10-7-14-8(12-3-1-2-4-18)16-9(15-7)17-6-11-5-13-17/h5-6,18H,1-4H2,(H3,10,12,14,15,16). The Morgan fingerprint density at radius 2 is 2.17 bits per heavy atom. The van der Waals surface area contributed by atoms with E-state index in [0.29, 0.717) is 18.4 Å². The number of aliphatic hydroxyl groups is 1. The Morgan fingerprint density at radius 1 is 1.28 bits per heavy atom. The number of nitrogens with two attached hydrogens (primary N) is 1. The molecule has 0 saturated heterocycles. The molecule has 0 bridgehead atoms. The van der Waals surface area contributed by atoms with E-state index in [2.05, 4.69) is 30.4 Å². The van der Waals surface area contributed by atoms with E-state index in [-0.39, 0.29) is 12.6 Å². The minimum atomic E-state index is 0.111. The summed E-state index contributed by atoms with van der Waals surface area (Å²) in [7, 11) is 0. The molecule has 9 nitrogen and oxygen atoms in total. The summed E-state index contributed by atoms with van der Waals surface area (Å²) in [5.74, 6) is 0.802. The second kappa shape index (κ2) is 5.87. The molecule has 2 aromatic heterocycles. The molecule has 18 heavy (non-hydrogen) atoms. The zero-order valence-corrected chi connectivity index (χ0v) is 9.69. The maximum atomic E-state index is 8.67. The molecule has 2 aromatic rings. The van der Waals surface area contributed by atoms with E-state index in [4.69, 9.17) is 10.8 Å². The summed E-state index contributed by atoms with van der Waals surface area (Å²) in [4.78, 5) is 15.9. The average Bonchev–Trinajstić information content (AvgIpc) is 2.88. The van der Waals surface area contributed by atoms with Crippen LogP contribution in [0.1, 0.15) is 12.8 Å². The van der Waals surface area contributed by atoms with Gasteiger partial charge in [0.05, 0.1) is 0 Å². The van der Waals surface area contributed by atoms with Crippen molar-refractivity contribution in [2.75, 3.05) is 24.2 Å². The fraction of sp³-hybridized carbons (Fsp3) is 0.444. The van der Waals surface area contributed by atoms with E-state index >= 15 is 0 Å². The summed E-state index contributed by atoms with van der Waals surface area (Å²) < 4.78 is 1.40. The normalized spacial score (nSPS) is 10.5. The predicted octanol–water partition coefficient (Wildman–Crippen LogP) is -0.781. The smallest absolute Gasteiger partial charge is 0.258 e. The number of unbranched alkanes of at least 4 members (excludes halogenated alkanes) is 1. The summed E-state index contributed by atoms with van der Waals surface area (Å²) >= 11 is 0. The molecule has 0 unspecified atom stereocenters. The van der Waals surface area contributed by atoms with Crippen LogP contribution in [0.4, 0.5) is 11.9 Å². The van der Waals surface area contributed by atoms with Crippen molar-refractivity contribution in [2.45, 2.75) is 12.8 Å². The zero-order valence-electron chi connectivity index (χ0n) is 9.69. The number of aromatic nitrogens is 6. The van der Waals surface area contributed by atoms with Gasteiger partial charge in [0.15, 0.2) is 0 Å². The van der Waals surface area contributed by atoms with E-state index in [0.717, 1.165) is 12.8 Å². The van der Waals surface area contributed by atoms with Gasteiger partial charge in [-0.2, -0.15) is 24.7 Å². The maximum absolute atomic E-state index is 8.67. The number of aliphatic hydroxyl groups excluding tert-OH is 1. The third kappa shape index (κ3) is 3.10. The van der Waals surface area contributed by atoms with Crippen LogP contribution in [-0.2, 0) is 0 Å². The highest BCUT2D eigenvalue weighted by molar-refractivity contribution is 5.34. The Balaban J connectivity index is 2.07. The fourth-order valence-corrected chi connectivity index (χ4v) is 1.31. The molecule has 0 radical (unpaired) electrons. The quantitative estimate of drug-likeness (QED) is 0.569. The maximum Gasteiger partial charge on any atom is 0.258 e. The van der Waals surface area contributed by atoms with Crippen LogP contribution in [-0.4, -0.2) is 48.0 Å². The summed E-state index contributed by atoms with van der Waals surface area (Å²) in [6.07, 6.45) is 4.41. The average molecular weight is 250 g/mol. The van der Waals surface area contributed by atoms with Gasteiger partial charge in [-0.25, -0.2) is 4.98 Å². The molecule has 0 spiro atoms. The number of nitrogen functional groups attached to an aromatic ring is 1. The minimum absolute atomic E-state index is 0.111. The Hall–Kier alpha value is -2.29. The van der Waals surface area contributed by atoms with Gasteiger partial charge in [-0.3, -0.25) is 0 Å². The molecule has 2 heterocycles. The van der Waals surface area contributed by atoms with E-state index in [1.807, 2.05) is 0 Å². The zero-order chi connectivity index (χ0) is 12.8. The minimum Gasteiger partial charge on any atom is -0.396 e. The Bertz CT molecular complexity index is 485. The van der Waals surface area contributed by atoms with Crippen molar-refractivity contribution in [2.24, 2.45) is 0 Å². The van der Waals surface area contributed by atoms with Crippen molar-refractivity contribution in [3.8, 4) is 5.95 Å². The molecule has 0 fully saturated rings. The molecular formula is C9H14N8O. The van der Waals surface area contributed by atoms with Crippen LogP contribution in [0.3, 0.4) is 0 Å². The molecule has 0 aliphatic carbocycles. The first-order chi connectivity index (χ1) is 8.79. The second-order valence-electron chi connectivity index (χ2n) is 3.51. The summed E-state index contributed by atoms with van der Waals surface area (Å²) in [6.45, 7) is 0.825. The molecule has 0 amide bonds. The van der Waals surface area contributed by atoms with E-state index in [1.54, 1.807) is 0 Å². The van der Waals surface area contributed by atoms with Crippen LogP contribution in [0.5, 0.6) is 0 Å². The van der Waals surface area contributed by atoms with Gasteiger partial charge in [0.1, 0.15) is 12.7 Å². The van der Waals surface area contributed by atoms with Crippen LogP contribution < -0.4 is 11.1 Å². The number of nitrogens with one attached hydrogen (secondary N) is 1. The molecule has 0 saturated carbocycles. The highest BCUT2D eigenvalue weighted by Crippen LogP contribution is 2.05. The number of anilines is 2. The molecule has 0 aliphatic heterocycles. The molecule has 4 N–H and O–H groups in total. The monoisotopic (exact) mass is 250 g/mol. The van der Waals surface area contributed by atoms with Crippen LogP contribution in [0.15, 0.2) is 12.7 Å². The summed E-state index contributed by atoms with van der Waals surface area (Å²) in [6, 6.07) is 0. The van der Waals surface area contributed by atoms with E-state index in [1.165, 1.54) is 17.3 Å². The second-order valence-corrected chi connectivity index (χ2v) is 3.51. The van der Waals surface area contributed by atoms with Crippen LogP contribution in [0.2, 0.25) is 0 Å². The Kier molecular flexibility index (Phi) is 3.97. The van der Waals surface area contributed by atoms with Crippen molar-refractivity contribution in [1.82, 2.24) is 29.7 Å². The molecule has 0 aliphatic rings. The number of nitrogens with zero attached hydrogens (tertiary/aromatic N) is 6. The highest BCUT2D eigenvalue weighted by atomic mass is 16.2. The Morgan fingerprint density at radius 3 is 2.89 bits per heavy atom. The summed E-state index contributed by atoms with van der Waals surface area (Å²) in [5, 5.41) is 15.6. The summed E-state index contributed by atoms with van der Waals surface area (Å²) in [5.41, 5.74) is 5.59. The van der Waals surface area contributed by atoms with Gasteiger partial charge in [-0.05, 0) is 12.8 Å². The molecule has 0 aromatic carbocycles. The predicted molar refractivity (Wildman–Crippen MR) is 64.0 cm³/mol. The first-order valence-electron chi connectivity index (χ1n) is 5.51. The van der Waals surface area contributed by atoms with Crippen molar-refractivity contribution < 1.29 is 5.11 Å². The van der Waals surface area contributed by atoms with Gasteiger partial charge in [-0.15, -0.1) is 0 Å². The van der Waals surface area contributed by atoms with Crippen LogP contribution in [0.25, 0.3) is 5.95 Å². The lowest BCUT2D eigenvalue weighted by Crippen LogP contribution is -2.12. The largest absolute Gasteiger partial charge is 0.396 e. The van der Waals surface area contributed by atoms with Gasteiger partial charge in [0, 0.05) is 13.2 Å². The van der Waals surface area contributed by atoms with Gasteiger partial charge in [0.2, 0.25) is 11.9 Å². The first-order valence-corrected chi connectivity index (χ1v) is 5.51. The number of rotatable bonds is 6. The van der Waals surface area contributed by atoms with Crippen molar-refractivity contribution in [3.63, 3.8) is 0 Å². The SMILES string of the molecule is Nc1nc(NCCCCO)nc(-n2cncn2)n1. The third-order valence-corrected chi connectivity index (χ3v) is 2.13. The van der Waals surface area contributed by atoms with Gasteiger partial charge in [-0.1, -0.05) is 0 Å². The molecular weight excluding hydrogens is 236 g/mol. The third-order valence-electron chi connectivity index (χ3n) is 2.13. The van der Waals surface area contributed by atoms with Crippen molar-refractivity contribution in [3.05, 3.63) is 12.7 Å². The lowest BCUT2D eigenvalue weighted by atomic mass is 10.3. The molecule has 0 atom stereocenters. The van der Waals surface area contributed by atoms with Gasteiger partial charge in [0.25, 0.3) is 5.95 Å². The van der Waals surface area contributed by atoms with Crippen LogP contribution in [0, 0.1) is 0 Å². The topological polar surface area (TPSA) is 128 Å². The lowest BCUT2D eigenvalue weighted by molar-refractivity contribution is 0.286. The first kappa shape index (κ1) is 12.2. The molecule has 2 rings (SSSR count). The molecule has 96 valence electrons. The van der Waals surface area contributed by atoms with Crippen molar-refractivity contribution >= 4 is 11.9 Å². The number of hydrogen-bond donors (Lipinski definition) is 3. The van der Waals surface area contributed by atoms with Crippen molar-refractivity contribution in [1.29, 1.82) is 0 Å². The van der Waals surface area contributed by atoms with Crippen LogP contribution >= 0.6 is 0 Å². The van der Waals surface area contributed by atoms with Gasteiger partial charge >= 0.3 is 0 Å². The van der Waals surface area contributed by atoms with E-state index < -0.39 is 0 Å². The van der Waals surface area contributed by atoms with E-state index in [9.17, 15) is 0 Å². The van der Waals surface area contributed by atoms with Gasteiger partial charge < -0.3 is 16.2 Å². The highest BCUT2D eigenvalue weighted by Gasteiger charge is 2.06. The Labute approximate surface area is 103 Å².